The average Bonchev–Trinajstić information content (AvgIpc) is 3.05. The van der Waals surface area contributed by atoms with Crippen LogP contribution in [0.3, 0.4) is 0 Å². The maximum Gasteiger partial charge on any atom is 0.277 e. The molecule has 168 valence electrons. The lowest BCUT2D eigenvalue weighted by molar-refractivity contribution is -0.138. The molecule has 0 saturated carbocycles. The summed E-state index contributed by atoms with van der Waals surface area (Å²) in [5, 5.41) is 0. The number of hydrogen-bond acceptors (Lipinski definition) is 5. The molecule has 32 heavy (non-hydrogen) atoms. The number of anilines is 1. The van der Waals surface area contributed by atoms with Gasteiger partial charge in [-0.15, -0.1) is 0 Å². The zero-order chi connectivity index (χ0) is 22.7. The van der Waals surface area contributed by atoms with Crippen LogP contribution in [0.15, 0.2) is 60.3 Å². The van der Waals surface area contributed by atoms with Crippen LogP contribution in [0.2, 0.25) is 0 Å². The minimum atomic E-state index is -0.201. The van der Waals surface area contributed by atoms with Gasteiger partial charge in [-0.2, -0.15) is 0 Å². The molecule has 0 unspecified atom stereocenters. The largest absolute Gasteiger partial charge is 0.494 e. The second kappa shape index (κ2) is 9.47. The van der Waals surface area contributed by atoms with E-state index in [1.807, 2.05) is 63.2 Å². The van der Waals surface area contributed by atoms with E-state index in [9.17, 15) is 9.59 Å². The molecule has 2 aromatic rings. The van der Waals surface area contributed by atoms with Crippen LogP contribution in [0.25, 0.3) is 5.57 Å². The fraction of sp³-hybridized carbons (Fsp3) is 0.385. The summed E-state index contributed by atoms with van der Waals surface area (Å²) in [6, 6.07) is 17.8. The molecule has 2 aromatic carbocycles. The SMILES string of the molecule is CCOc1ccc(C2=C(N3CCN(c4ccccc4)CC3)C(=O)N(CC(C)C)C2=O)cc1. The van der Waals surface area contributed by atoms with E-state index in [-0.39, 0.29) is 17.7 Å². The highest BCUT2D eigenvalue weighted by Gasteiger charge is 2.42. The number of carbonyl (C=O) groups is 2. The lowest BCUT2D eigenvalue weighted by atomic mass is 10.0. The van der Waals surface area contributed by atoms with Crippen LogP contribution in [0.5, 0.6) is 5.75 Å². The van der Waals surface area contributed by atoms with Crippen LogP contribution < -0.4 is 9.64 Å². The predicted molar refractivity (Wildman–Crippen MR) is 126 cm³/mol. The first kappa shape index (κ1) is 21.9. The van der Waals surface area contributed by atoms with E-state index in [4.69, 9.17) is 4.74 Å². The van der Waals surface area contributed by atoms with Crippen molar-refractivity contribution in [2.24, 2.45) is 5.92 Å². The lowest BCUT2D eigenvalue weighted by Gasteiger charge is -2.37. The molecule has 0 aromatic heterocycles. The van der Waals surface area contributed by atoms with Gasteiger partial charge in [-0.05, 0) is 42.7 Å². The second-order valence-corrected chi connectivity index (χ2v) is 8.61. The van der Waals surface area contributed by atoms with Crippen molar-refractivity contribution in [3.63, 3.8) is 0 Å². The van der Waals surface area contributed by atoms with E-state index in [1.165, 1.54) is 10.6 Å². The molecule has 6 nitrogen and oxygen atoms in total. The normalized spacial score (nSPS) is 17.1. The van der Waals surface area contributed by atoms with Crippen LogP contribution in [0.4, 0.5) is 5.69 Å². The Bertz CT molecular complexity index is 991. The maximum atomic E-state index is 13.4. The van der Waals surface area contributed by atoms with Gasteiger partial charge in [0.05, 0.1) is 12.2 Å². The fourth-order valence-corrected chi connectivity index (χ4v) is 4.36. The molecule has 0 aliphatic carbocycles. The molecule has 4 rings (SSSR count). The standard InChI is InChI=1S/C26H31N3O3/c1-4-32-22-12-10-20(11-13-22)23-24(26(31)29(25(23)30)18-19(2)3)28-16-14-27(15-17-28)21-8-6-5-7-9-21/h5-13,19H,4,14-18H2,1-3H3. The van der Waals surface area contributed by atoms with Gasteiger partial charge in [-0.1, -0.05) is 44.2 Å². The van der Waals surface area contributed by atoms with E-state index in [0.717, 1.165) is 24.4 Å². The molecule has 0 bridgehead atoms. The lowest BCUT2D eigenvalue weighted by Crippen LogP contribution is -2.47. The van der Waals surface area contributed by atoms with Gasteiger partial charge in [-0.3, -0.25) is 14.5 Å². The highest BCUT2D eigenvalue weighted by atomic mass is 16.5. The van der Waals surface area contributed by atoms with Crippen molar-refractivity contribution in [2.45, 2.75) is 20.8 Å². The molecular formula is C26H31N3O3. The highest BCUT2D eigenvalue weighted by molar-refractivity contribution is 6.35. The Balaban J connectivity index is 1.63. The monoisotopic (exact) mass is 433 g/mol. The van der Waals surface area contributed by atoms with Crippen LogP contribution >= 0.6 is 0 Å². The number of para-hydroxylation sites is 1. The zero-order valence-corrected chi connectivity index (χ0v) is 19.1. The summed E-state index contributed by atoms with van der Waals surface area (Å²) in [6.45, 7) is 9.97. The van der Waals surface area contributed by atoms with E-state index in [0.29, 0.717) is 37.5 Å². The van der Waals surface area contributed by atoms with Gasteiger partial charge < -0.3 is 14.5 Å². The molecule has 1 fully saturated rings. The first-order chi connectivity index (χ1) is 15.5. The molecule has 2 aliphatic heterocycles. The van der Waals surface area contributed by atoms with E-state index < -0.39 is 0 Å². The summed E-state index contributed by atoms with van der Waals surface area (Å²) in [5.74, 6) is 0.582. The third kappa shape index (κ3) is 4.35. The van der Waals surface area contributed by atoms with Crippen molar-refractivity contribution in [3.8, 4) is 5.75 Å². The first-order valence-electron chi connectivity index (χ1n) is 11.4. The van der Waals surface area contributed by atoms with Gasteiger partial charge in [0.1, 0.15) is 11.4 Å². The number of ether oxygens (including phenoxy) is 1. The van der Waals surface area contributed by atoms with Crippen molar-refractivity contribution in [1.29, 1.82) is 0 Å². The van der Waals surface area contributed by atoms with E-state index in [2.05, 4.69) is 21.9 Å². The third-order valence-corrected chi connectivity index (χ3v) is 5.86. The first-order valence-corrected chi connectivity index (χ1v) is 11.4. The minimum Gasteiger partial charge on any atom is -0.494 e. The Morgan fingerprint density at radius 2 is 1.47 bits per heavy atom. The van der Waals surface area contributed by atoms with E-state index >= 15 is 0 Å². The van der Waals surface area contributed by atoms with Crippen molar-refractivity contribution in [3.05, 3.63) is 65.9 Å². The number of carbonyl (C=O) groups excluding carboxylic acids is 2. The molecule has 1 saturated heterocycles. The molecule has 2 aliphatic rings. The smallest absolute Gasteiger partial charge is 0.277 e. The minimum absolute atomic E-state index is 0.180. The summed E-state index contributed by atoms with van der Waals surface area (Å²) < 4.78 is 5.55. The van der Waals surface area contributed by atoms with Crippen molar-refractivity contribution < 1.29 is 14.3 Å². The summed E-state index contributed by atoms with van der Waals surface area (Å²) in [6.07, 6.45) is 0. The number of piperazine rings is 1. The van der Waals surface area contributed by atoms with Crippen molar-refractivity contribution in [2.75, 3.05) is 44.2 Å². The van der Waals surface area contributed by atoms with Crippen LogP contribution in [-0.2, 0) is 9.59 Å². The molecule has 0 N–H and O–H groups in total. The van der Waals surface area contributed by atoms with Crippen LogP contribution in [0, 0.1) is 5.92 Å². The Morgan fingerprint density at radius 3 is 2.06 bits per heavy atom. The molecule has 0 spiro atoms. The van der Waals surface area contributed by atoms with Gasteiger partial charge in [0, 0.05) is 38.4 Å². The predicted octanol–water partition coefficient (Wildman–Crippen LogP) is 3.64. The van der Waals surface area contributed by atoms with Crippen molar-refractivity contribution in [1.82, 2.24) is 9.80 Å². The summed E-state index contributed by atoms with van der Waals surface area (Å²) in [5.41, 5.74) is 2.99. The molecule has 0 atom stereocenters. The highest BCUT2D eigenvalue weighted by Crippen LogP contribution is 2.33. The summed E-state index contributed by atoms with van der Waals surface area (Å²) in [4.78, 5) is 32.6. The number of hydrogen-bond donors (Lipinski definition) is 0. The quantitative estimate of drug-likeness (QED) is 0.624. The van der Waals surface area contributed by atoms with E-state index in [1.54, 1.807) is 0 Å². The molecular weight excluding hydrogens is 402 g/mol. The summed E-state index contributed by atoms with van der Waals surface area (Å²) in [7, 11) is 0. The average molecular weight is 434 g/mol. The van der Waals surface area contributed by atoms with Gasteiger partial charge >= 0.3 is 0 Å². The Morgan fingerprint density at radius 1 is 0.844 bits per heavy atom. The van der Waals surface area contributed by atoms with Gasteiger partial charge in [0.2, 0.25) is 0 Å². The second-order valence-electron chi connectivity index (χ2n) is 8.61. The number of rotatable bonds is 7. The van der Waals surface area contributed by atoms with Gasteiger partial charge in [0.25, 0.3) is 11.8 Å². The zero-order valence-electron chi connectivity index (χ0n) is 19.1. The maximum absolute atomic E-state index is 13.4. The number of benzene rings is 2. The number of nitrogens with zero attached hydrogens (tertiary/aromatic N) is 3. The van der Waals surface area contributed by atoms with Gasteiger partial charge in [0.15, 0.2) is 0 Å². The van der Waals surface area contributed by atoms with Gasteiger partial charge in [-0.25, -0.2) is 0 Å². The molecule has 6 heteroatoms. The fourth-order valence-electron chi connectivity index (χ4n) is 4.36. The molecule has 2 heterocycles. The van der Waals surface area contributed by atoms with Crippen LogP contribution in [-0.4, -0.2) is 60.9 Å². The summed E-state index contributed by atoms with van der Waals surface area (Å²) >= 11 is 0. The van der Waals surface area contributed by atoms with Crippen LogP contribution in [0.1, 0.15) is 26.3 Å². The number of imide groups is 1. The van der Waals surface area contributed by atoms with Crippen molar-refractivity contribution >= 4 is 23.1 Å². The Labute approximate surface area is 190 Å². The number of amides is 2. The Kier molecular flexibility index (Phi) is 6.49. The topological polar surface area (TPSA) is 53.1 Å². The third-order valence-electron chi connectivity index (χ3n) is 5.86. The molecule has 0 radical (unpaired) electrons. The Hall–Kier alpha value is -3.28. The molecule has 2 amide bonds.